The van der Waals surface area contributed by atoms with Crippen LogP contribution in [0, 0.1) is 24.7 Å². The summed E-state index contributed by atoms with van der Waals surface area (Å²) in [5.74, 6) is 3.72. The van der Waals surface area contributed by atoms with Crippen molar-refractivity contribution in [1.82, 2.24) is 4.90 Å². The fraction of sp³-hybridized carbons (Fsp3) is 0.613. The van der Waals surface area contributed by atoms with Crippen LogP contribution in [0.3, 0.4) is 0 Å². The zero-order valence-corrected chi connectivity index (χ0v) is 24.0. The van der Waals surface area contributed by atoms with Gasteiger partial charge >= 0.3 is 0 Å². The maximum atomic E-state index is 9.33. The van der Waals surface area contributed by atoms with Crippen molar-refractivity contribution in [3.05, 3.63) is 53.9 Å². The summed E-state index contributed by atoms with van der Waals surface area (Å²) in [7, 11) is 0. The average molecular weight is 541 g/mol. The number of aliphatic hydroxyl groups is 1. The lowest BCUT2D eigenvalue weighted by Crippen LogP contribution is -2.49. The van der Waals surface area contributed by atoms with Crippen LogP contribution in [0.5, 0.6) is 0 Å². The number of hydrogen-bond donors (Lipinski definition) is 3. The number of aryl methyl sites for hydroxylation is 1. The molecule has 0 spiro atoms. The van der Waals surface area contributed by atoms with Crippen LogP contribution in [0.15, 0.2) is 47.8 Å². The Morgan fingerprint density at radius 1 is 1.26 bits per heavy atom. The topological polar surface area (TPSA) is 109 Å². The molecule has 0 aromatic heterocycles. The van der Waals surface area contributed by atoms with Crippen molar-refractivity contribution in [2.75, 3.05) is 44.8 Å². The van der Waals surface area contributed by atoms with Crippen LogP contribution in [-0.2, 0) is 20.7 Å². The molecule has 0 radical (unpaired) electrons. The van der Waals surface area contributed by atoms with Gasteiger partial charge in [0.2, 0.25) is 12.3 Å². The van der Waals surface area contributed by atoms with E-state index in [9.17, 15) is 5.11 Å². The molecule has 4 rings (SSSR count). The Morgan fingerprint density at radius 3 is 2.54 bits per heavy atom. The summed E-state index contributed by atoms with van der Waals surface area (Å²) in [6, 6.07) is 6.76. The Morgan fingerprint density at radius 2 is 1.92 bits per heavy atom. The third-order valence-corrected chi connectivity index (χ3v) is 7.97. The molecular weight excluding hydrogens is 492 g/mol. The number of benzene rings is 1. The number of nitrogens with one attached hydrogen (secondary N) is 1. The number of rotatable bonds is 9. The zero-order chi connectivity index (χ0) is 28.3. The molecule has 3 aliphatic rings. The summed E-state index contributed by atoms with van der Waals surface area (Å²) in [5.41, 5.74) is 8.11. The van der Waals surface area contributed by atoms with Crippen molar-refractivity contribution in [3.63, 3.8) is 0 Å². The van der Waals surface area contributed by atoms with Crippen LogP contribution >= 0.6 is 0 Å². The monoisotopic (exact) mass is 540 g/mol. The van der Waals surface area contributed by atoms with Crippen molar-refractivity contribution in [2.45, 2.75) is 64.8 Å². The number of morpholine rings is 1. The largest absolute Gasteiger partial charge is 0.475 e. The van der Waals surface area contributed by atoms with Crippen LogP contribution in [0.2, 0.25) is 0 Å². The predicted octanol–water partition coefficient (Wildman–Crippen LogP) is 4.42. The van der Waals surface area contributed by atoms with E-state index in [1.807, 2.05) is 6.08 Å². The van der Waals surface area contributed by atoms with Gasteiger partial charge in [0.15, 0.2) is 0 Å². The Balaban J connectivity index is 0.00000134. The van der Waals surface area contributed by atoms with Crippen LogP contribution in [0.25, 0.3) is 0 Å². The number of nitrogens with zero attached hydrogens (tertiary/aromatic N) is 2. The summed E-state index contributed by atoms with van der Waals surface area (Å²) in [4.78, 5) is 15.5. The molecule has 8 nitrogen and oxygen atoms in total. The van der Waals surface area contributed by atoms with Gasteiger partial charge in [-0.05, 0) is 98.6 Å². The molecule has 39 heavy (non-hydrogen) atoms. The number of ether oxygens (including phenoxy) is 2. The van der Waals surface area contributed by atoms with E-state index < -0.39 is 0 Å². The highest BCUT2D eigenvalue weighted by Gasteiger charge is 2.44. The molecule has 3 fully saturated rings. The van der Waals surface area contributed by atoms with E-state index >= 15 is 0 Å². The van der Waals surface area contributed by atoms with Gasteiger partial charge < -0.3 is 30.5 Å². The highest BCUT2D eigenvalue weighted by Crippen LogP contribution is 2.48. The van der Waals surface area contributed by atoms with E-state index in [0.29, 0.717) is 25.5 Å². The number of carbonyl (C=O) groups is 1. The lowest BCUT2D eigenvalue weighted by Gasteiger charge is -2.51. The summed E-state index contributed by atoms with van der Waals surface area (Å²) >= 11 is 0. The van der Waals surface area contributed by atoms with Crippen molar-refractivity contribution >= 4 is 17.9 Å². The van der Waals surface area contributed by atoms with E-state index in [1.165, 1.54) is 48.9 Å². The predicted molar refractivity (Wildman–Crippen MR) is 158 cm³/mol. The quantitative estimate of drug-likeness (QED) is 0.185. The summed E-state index contributed by atoms with van der Waals surface area (Å²) in [6.07, 6.45) is 11.3. The molecule has 1 heterocycles. The fourth-order valence-electron chi connectivity index (χ4n) is 6.77. The van der Waals surface area contributed by atoms with Gasteiger partial charge in [-0.2, -0.15) is 4.99 Å². The second kappa shape index (κ2) is 15.1. The minimum atomic E-state index is -0.0494. The number of carbonyl (C=O) groups excluding carboxylic acids is 1. The molecule has 4 N–H and O–H groups in total. The Hall–Kier alpha value is -2.84. The lowest BCUT2D eigenvalue weighted by molar-refractivity contribution is -0.106. The molecule has 1 saturated heterocycles. The van der Waals surface area contributed by atoms with Crippen LogP contribution < -0.4 is 11.1 Å². The third kappa shape index (κ3) is 9.11. The number of anilines is 1. The van der Waals surface area contributed by atoms with E-state index in [2.05, 4.69) is 61.5 Å². The van der Waals surface area contributed by atoms with E-state index in [4.69, 9.17) is 19.3 Å². The standard InChI is InChI=1S/C30H45N3O3.CH3NO/c1-5-28(33-10-13-35-14-11-33)31-29(36-15-12-34)9-7-26-18-27(8-6-24(26)4)32-30-19-22(2)16-25(21-30)17-23(3)20-30;2-1-3/h5-6,8-9,18,22-23,25,32,34H,1,7,10-17,19-21H2,2-4H3;1H,(H2,2,3)/b29-9+,31-28+;. The number of hydrogen-bond acceptors (Lipinski definition) is 6. The van der Waals surface area contributed by atoms with Crippen LogP contribution in [-0.4, -0.2) is 67.3 Å². The normalized spacial score (nSPS) is 27.2. The van der Waals surface area contributed by atoms with E-state index in [1.54, 1.807) is 6.08 Å². The fourth-order valence-corrected chi connectivity index (χ4v) is 6.77. The third-order valence-electron chi connectivity index (χ3n) is 7.97. The number of allylic oxidation sites excluding steroid dienone is 1. The van der Waals surface area contributed by atoms with Crippen molar-refractivity contribution in [2.24, 2.45) is 28.5 Å². The van der Waals surface area contributed by atoms with Gasteiger partial charge in [-0.1, -0.05) is 26.5 Å². The SMILES string of the molecule is C=C/C(=N\C(=C/Cc1cc(NC23CC(C)CC(CC(C)C2)C3)ccc1C)OCCO)N1CCOCC1.NC=O. The number of aliphatic imine (C=N–C) groups is 1. The van der Waals surface area contributed by atoms with Gasteiger partial charge in [-0.25, -0.2) is 0 Å². The lowest BCUT2D eigenvalue weighted by atomic mass is 9.61. The molecule has 1 aromatic rings. The zero-order valence-electron chi connectivity index (χ0n) is 24.0. The highest BCUT2D eigenvalue weighted by molar-refractivity contribution is 5.93. The molecule has 8 heteroatoms. The Bertz CT molecular complexity index is 983. The smallest absolute Gasteiger partial charge is 0.211 e. The Kier molecular flexibility index (Phi) is 11.9. The summed E-state index contributed by atoms with van der Waals surface area (Å²) in [5, 5.41) is 13.3. The number of amides is 1. The van der Waals surface area contributed by atoms with Crippen molar-refractivity contribution < 1.29 is 19.4 Å². The van der Waals surface area contributed by atoms with Gasteiger partial charge in [0.1, 0.15) is 12.4 Å². The van der Waals surface area contributed by atoms with Crippen LogP contribution in [0.4, 0.5) is 5.69 Å². The first-order valence-electron chi connectivity index (χ1n) is 14.3. The molecule has 2 atom stereocenters. The Labute approximate surface area is 234 Å². The molecule has 216 valence electrons. The number of aliphatic hydroxyl groups excluding tert-OH is 1. The molecule has 1 aliphatic heterocycles. The van der Waals surface area contributed by atoms with Gasteiger partial charge in [0, 0.05) is 24.3 Å². The van der Waals surface area contributed by atoms with E-state index in [-0.39, 0.29) is 25.2 Å². The molecule has 1 amide bonds. The first kappa shape index (κ1) is 30.7. The maximum Gasteiger partial charge on any atom is 0.211 e. The van der Waals surface area contributed by atoms with Gasteiger partial charge in [0.05, 0.1) is 19.8 Å². The molecule has 2 unspecified atom stereocenters. The molecule has 2 aliphatic carbocycles. The van der Waals surface area contributed by atoms with Crippen molar-refractivity contribution in [1.29, 1.82) is 0 Å². The first-order valence-corrected chi connectivity index (χ1v) is 14.3. The van der Waals surface area contributed by atoms with E-state index in [0.717, 1.165) is 36.7 Å². The van der Waals surface area contributed by atoms with Gasteiger partial charge in [-0.3, -0.25) is 4.79 Å². The average Bonchev–Trinajstić information content (AvgIpc) is 2.89. The number of amidine groups is 1. The first-order chi connectivity index (χ1) is 18.8. The van der Waals surface area contributed by atoms with Crippen molar-refractivity contribution in [3.8, 4) is 0 Å². The maximum absolute atomic E-state index is 9.33. The number of primary amides is 1. The van der Waals surface area contributed by atoms with Crippen LogP contribution in [0.1, 0.15) is 57.1 Å². The van der Waals surface area contributed by atoms with Gasteiger partial charge in [0.25, 0.3) is 0 Å². The number of fused-ring (bicyclic) bond motifs is 2. The minimum absolute atomic E-state index is 0.0494. The molecule has 2 saturated carbocycles. The molecule has 1 aromatic carbocycles. The number of nitrogens with two attached hydrogens (primary N) is 1. The minimum Gasteiger partial charge on any atom is -0.475 e. The summed E-state index contributed by atoms with van der Waals surface area (Å²) in [6.45, 7) is 14.1. The van der Waals surface area contributed by atoms with Gasteiger partial charge in [-0.15, -0.1) is 0 Å². The second-order valence-electron chi connectivity index (χ2n) is 11.4. The summed E-state index contributed by atoms with van der Waals surface area (Å²) < 4.78 is 11.3. The molecular formula is C31H48N4O4. The molecule has 2 bridgehead atoms. The second-order valence-corrected chi connectivity index (χ2v) is 11.4. The highest BCUT2D eigenvalue weighted by atomic mass is 16.5.